The van der Waals surface area contributed by atoms with Crippen LogP contribution in [0.2, 0.25) is 0 Å². The smallest absolute Gasteiger partial charge is 0.322 e. The van der Waals surface area contributed by atoms with Gasteiger partial charge in [-0.05, 0) is 44.9 Å². The SMILES string of the molecule is Cc1ccc(C)c(C(N)Cn2c(C)cc(C)nc2=O)c1. The van der Waals surface area contributed by atoms with E-state index < -0.39 is 0 Å². The number of aryl methyl sites for hydroxylation is 4. The van der Waals surface area contributed by atoms with E-state index in [-0.39, 0.29) is 11.7 Å². The Morgan fingerprint density at radius 1 is 1.20 bits per heavy atom. The van der Waals surface area contributed by atoms with E-state index in [1.807, 2.05) is 33.8 Å². The van der Waals surface area contributed by atoms with Crippen LogP contribution in [-0.2, 0) is 6.54 Å². The minimum atomic E-state index is -0.233. The summed E-state index contributed by atoms with van der Waals surface area (Å²) in [5, 5.41) is 0. The predicted octanol–water partition coefficient (Wildman–Crippen LogP) is 2.18. The third-order valence-corrected chi connectivity index (χ3v) is 3.56. The molecule has 2 N–H and O–H groups in total. The van der Waals surface area contributed by atoms with Crippen LogP contribution in [-0.4, -0.2) is 9.55 Å². The van der Waals surface area contributed by atoms with E-state index in [1.165, 1.54) is 5.56 Å². The van der Waals surface area contributed by atoms with E-state index in [4.69, 9.17) is 5.73 Å². The summed E-state index contributed by atoms with van der Waals surface area (Å²) in [5.41, 5.74) is 11.1. The van der Waals surface area contributed by atoms with Crippen molar-refractivity contribution in [2.75, 3.05) is 0 Å². The number of hydrogen-bond donors (Lipinski definition) is 1. The van der Waals surface area contributed by atoms with E-state index >= 15 is 0 Å². The van der Waals surface area contributed by atoms with Crippen LogP contribution in [0.5, 0.6) is 0 Å². The first-order valence-corrected chi connectivity index (χ1v) is 6.76. The van der Waals surface area contributed by atoms with Crippen LogP contribution in [0, 0.1) is 27.7 Å². The average Bonchev–Trinajstić information content (AvgIpc) is 2.36. The van der Waals surface area contributed by atoms with Crippen LogP contribution in [0.1, 0.15) is 34.1 Å². The largest absolute Gasteiger partial charge is 0.348 e. The summed E-state index contributed by atoms with van der Waals surface area (Å²) in [5.74, 6) is 0. The number of aromatic nitrogens is 2. The first-order chi connectivity index (χ1) is 9.38. The van der Waals surface area contributed by atoms with Gasteiger partial charge in [0.05, 0.1) is 0 Å². The van der Waals surface area contributed by atoms with Crippen LogP contribution in [0.4, 0.5) is 0 Å². The molecular formula is C16H21N3O. The highest BCUT2D eigenvalue weighted by atomic mass is 16.1. The van der Waals surface area contributed by atoms with Crippen LogP contribution in [0.3, 0.4) is 0 Å². The fourth-order valence-corrected chi connectivity index (χ4v) is 2.45. The Morgan fingerprint density at radius 3 is 2.55 bits per heavy atom. The molecule has 1 aromatic heterocycles. The first kappa shape index (κ1) is 14.5. The van der Waals surface area contributed by atoms with Gasteiger partial charge in [-0.3, -0.25) is 4.57 Å². The van der Waals surface area contributed by atoms with Gasteiger partial charge in [0.15, 0.2) is 0 Å². The lowest BCUT2D eigenvalue weighted by atomic mass is 9.99. The maximum atomic E-state index is 12.0. The number of nitrogens with zero attached hydrogens (tertiary/aromatic N) is 2. The molecule has 1 aromatic carbocycles. The molecule has 2 rings (SSSR count). The van der Waals surface area contributed by atoms with Gasteiger partial charge >= 0.3 is 5.69 Å². The van der Waals surface area contributed by atoms with Gasteiger partial charge in [0.2, 0.25) is 0 Å². The van der Waals surface area contributed by atoms with Gasteiger partial charge in [0.1, 0.15) is 0 Å². The molecule has 0 bridgehead atoms. The fourth-order valence-electron chi connectivity index (χ4n) is 2.45. The highest BCUT2D eigenvalue weighted by molar-refractivity contribution is 5.32. The molecule has 1 unspecified atom stereocenters. The molecular weight excluding hydrogens is 250 g/mol. The second kappa shape index (κ2) is 5.59. The Kier molecular flexibility index (Phi) is 4.04. The molecule has 0 saturated heterocycles. The Balaban J connectivity index is 2.35. The highest BCUT2D eigenvalue weighted by Gasteiger charge is 2.12. The third-order valence-electron chi connectivity index (χ3n) is 3.56. The van der Waals surface area contributed by atoms with Gasteiger partial charge in [0, 0.05) is 24.0 Å². The summed E-state index contributed by atoms with van der Waals surface area (Å²) < 4.78 is 1.64. The Hall–Kier alpha value is -1.94. The van der Waals surface area contributed by atoms with Crippen LogP contribution in [0.25, 0.3) is 0 Å². The molecule has 1 heterocycles. The summed E-state index contributed by atoms with van der Waals surface area (Å²) in [6.07, 6.45) is 0. The van der Waals surface area contributed by atoms with Crippen LogP contribution < -0.4 is 11.4 Å². The summed E-state index contributed by atoms with van der Waals surface area (Å²) in [4.78, 5) is 15.9. The molecule has 4 nitrogen and oxygen atoms in total. The van der Waals surface area contributed by atoms with Crippen molar-refractivity contribution in [2.45, 2.75) is 40.3 Å². The normalized spacial score (nSPS) is 12.4. The summed E-state index contributed by atoms with van der Waals surface area (Å²) in [6, 6.07) is 7.90. The molecule has 1 atom stereocenters. The molecule has 20 heavy (non-hydrogen) atoms. The zero-order valence-electron chi connectivity index (χ0n) is 12.5. The van der Waals surface area contributed by atoms with Crippen molar-refractivity contribution < 1.29 is 0 Å². The van der Waals surface area contributed by atoms with Crippen molar-refractivity contribution in [3.05, 3.63) is 62.8 Å². The zero-order valence-corrected chi connectivity index (χ0v) is 12.5. The maximum absolute atomic E-state index is 12.0. The second-order valence-corrected chi connectivity index (χ2v) is 5.40. The van der Waals surface area contributed by atoms with Crippen LogP contribution >= 0.6 is 0 Å². The second-order valence-electron chi connectivity index (χ2n) is 5.40. The summed E-state index contributed by atoms with van der Waals surface area (Å²) in [6.45, 7) is 8.26. The van der Waals surface area contributed by atoms with Gasteiger partial charge in [-0.25, -0.2) is 4.79 Å². The van der Waals surface area contributed by atoms with E-state index in [0.29, 0.717) is 6.54 Å². The average molecular weight is 271 g/mol. The molecule has 0 spiro atoms. The molecule has 4 heteroatoms. The Morgan fingerprint density at radius 2 is 1.90 bits per heavy atom. The van der Waals surface area contributed by atoms with Gasteiger partial charge < -0.3 is 5.73 Å². The zero-order chi connectivity index (χ0) is 14.9. The van der Waals surface area contributed by atoms with E-state index in [1.54, 1.807) is 4.57 Å². The van der Waals surface area contributed by atoms with Gasteiger partial charge in [-0.1, -0.05) is 23.8 Å². The van der Waals surface area contributed by atoms with E-state index in [9.17, 15) is 4.79 Å². The van der Waals surface area contributed by atoms with Crippen molar-refractivity contribution >= 4 is 0 Å². The maximum Gasteiger partial charge on any atom is 0.348 e. The Bertz CT molecular complexity index is 689. The van der Waals surface area contributed by atoms with E-state index in [2.05, 4.69) is 23.2 Å². The molecule has 0 fully saturated rings. The molecule has 0 aliphatic rings. The minimum Gasteiger partial charge on any atom is -0.322 e. The quantitative estimate of drug-likeness (QED) is 0.930. The third kappa shape index (κ3) is 2.96. The lowest BCUT2D eigenvalue weighted by Gasteiger charge is -2.18. The number of nitrogens with two attached hydrogens (primary N) is 1. The fraction of sp³-hybridized carbons (Fsp3) is 0.375. The highest BCUT2D eigenvalue weighted by Crippen LogP contribution is 2.19. The van der Waals surface area contributed by atoms with E-state index in [0.717, 1.165) is 22.5 Å². The van der Waals surface area contributed by atoms with Crippen LogP contribution in [0.15, 0.2) is 29.1 Å². The minimum absolute atomic E-state index is 0.212. The van der Waals surface area contributed by atoms with Crippen molar-refractivity contribution in [1.82, 2.24) is 9.55 Å². The number of hydrogen-bond acceptors (Lipinski definition) is 3. The summed E-state index contributed by atoms with van der Waals surface area (Å²) >= 11 is 0. The van der Waals surface area contributed by atoms with Gasteiger partial charge in [-0.15, -0.1) is 0 Å². The molecule has 0 aliphatic heterocycles. The molecule has 106 valence electrons. The molecule has 0 aliphatic carbocycles. The van der Waals surface area contributed by atoms with Crippen molar-refractivity contribution in [2.24, 2.45) is 5.73 Å². The molecule has 0 radical (unpaired) electrons. The molecule has 2 aromatic rings. The lowest BCUT2D eigenvalue weighted by Crippen LogP contribution is -2.30. The van der Waals surface area contributed by atoms with Crippen molar-refractivity contribution in [1.29, 1.82) is 0 Å². The van der Waals surface area contributed by atoms with Gasteiger partial charge in [-0.2, -0.15) is 4.98 Å². The number of rotatable bonds is 3. The monoisotopic (exact) mass is 271 g/mol. The standard InChI is InChI=1S/C16H21N3O/c1-10-5-6-11(2)14(7-10)15(17)9-19-13(4)8-12(3)18-16(19)20/h5-8,15H,9,17H2,1-4H3. The first-order valence-electron chi connectivity index (χ1n) is 6.76. The Labute approximate surface area is 119 Å². The predicted molar refractivity (Wildman–Crippen MR) is 80.8 cm³/mol. The van der Waals surface area contributed by atoms with Crippen molar-refractivity contribution in [3.63, 3.8) is 0 Å². The number of benzene rings is 1. The van der Waals surface area contributed by atoms with Crippen molar-refractivity contribution in [3.8, 4) is 0 Å². The summed E-state index contributed by atoms with van der Waals surface area (Å²) in [7, 11) is 0. The molecule has 0 amide bonds. The lowest BCUT2D eigenvalue weighted by molar-refractivity contribution is 0.536. The molecule has 0 saturated carbocycles. The topological polar surface area (TPSA) is 60.9 Å². The van der Waals surface area contributed by atoms with Gasteiger partial charge in [0.25, 0.3) is 0 Å².